The lowest BCUT2D eigenvalue weighted by molar-refractivity contribution is 0.0569. The van der Waals surface area contributed by atoms with Gasteiger partial charge in [-0.15, -0.1) is 0 Å². The summed E-state index contributed by atoms with van der Waals surface area (Å²) in [7, 11) is -15.5. The van der Waals surface area contributed by atoms with Gasteiger partial charge in [0.2, 0.25) is 0 Å². The van der Waals surface area contributed by atoms with Crippen molar-refractivity contribution in [2.24, 2.45) is 0 Å². The van der Waals surface area contributed by atoms with Crippen molar-refractivity contribution >= 4 is 35.4 Å². The first-order chi connectivity index (χ1) is 13.6. The molecule has 0 amide bonds. The van der Waals surface area contributed by atoms with Gasteiger partial charge in [-0.05, 0) is 27.7 Å². The maximum atomic E-state index is 13.2. The van der Waals surface area contributed by atoms with Crippen LogP contribution in [0.2, 0.25) is 0 Å². The molecule has 178 valence electrons. The zero-order valence-corrected chi connectivity index (χ0v) is 20.7. The minimum atomic E-state index is -3.93. The molecule has 2 aliphatic heterocycles. The van der Waals surface area contributed by atoms with Crippen molar-refractivity contribution in [2.45, 2.75) is 38.9 Å². The predicted octanol–water partition coefficient (Wildman–Crippen LogP) is 1.72. The standard InChI is InChI=1S/C14H28O12P2S2/c1-5-21-27(15,25-13(3)9-23-29(17,18)11-13)7-8-28(16,22-6-2)26-14(4)10-24-30(19,20)12-14/h5-12H2,1-4H3. The Morgan fingerprint density at radius 2 is 1.10 bits per heavy atom. The van der Waals surface area contributed by atoms with Gasteiger partial charge in [0.1, 0.15) is 22.7 Å². The Kier molecular flexibility index (Phi) is 8.06. The van der Waals surface area contributed by atoms with E-state index < -0.39 is 70.5 Å². The third-order valence-corrected chi connectivity index (χ3v) is 11.6. The van der Waals surface area contributed by atoms with E-state index in [0.29, 0.717) is 0 Å². The van der Waals surface area contributed by atoms with Crippen LogP contribution in [0.5, 0.6) is 0 Å². The first kappa shape index (κ1) is 26.4. The molecule has 2 saturated heterocycles. The Morgan fingerprint density at radius 1 is 0.767 bits per heavy atom. The third-order valence-electron chi connectivity index (χ3n) is 4.07. The minimum absolute atomic E-state index is 0.00937. The molecule has 2 heterocycles. The van der Waals surface area contributed by atoms with Crippen LogP contribution in [0.1, 0.15) is 27.7 Å². The van der Waals surface area contributed by atoms with E-state index in [1.165, 1.54) is 13.8 Å². The van der Waals surface area contributed by atoms with Gasteiger partial charge in [-0.1, -0.05) is 0 Å². The molecular formula is C14H28O12P2S2. The van der Waals surface area contributed by atoms with Gasteiger partial charge in [0.15, 0.2) is 0 Å². The van der Waals surface area contributed by atoms with Crippen LogP contribution in [0.4, 0.5) is 0 Å². The van der Waals surface area contributed by atoms with Crippen molar-refractivity contribution in [3.63, 3.8) is 0 Å². The Bertz CT molecular complexity index is 857. The summed E-state index contributed by atoms with van der Waals surface area (Å²) in [6.45, 7) is 5.29. The van der Waals surface area contributed by atoms with Gasteiger partial charge in [0, 0.05) is 0 Å². The van der Waals surface area contributed by atoms with E-state index in [-0.39, 0.29) is 26.4 Å². The van der Waals surface area contributed by atoms with Crippen LogP contribution in [-0.2, 0) is 55.8 Å². The molecule has 0 aromatic carbocycles. The van der Waals surface area contributed by atoms with Gasteiger partial charge in [0.05, 0.1) is 38.8 Å². The molecule has 0 aliphatic carbocycles. The van der Waals surface area contributed by atoms with E-state index in [2.05, 4.69) is 8.37 Å². The normalized spacial score (nSPS) is 34.4. The second-order valence-electron chi connectivity index (χ2n) is 7.52. The quantitative estimate of drug-likeness (QED) is 0.291. The molecule has 0 bridgehead atoms. The first-order valence-electron chi connectivity index (χ1n) is 9.20. The van der Waals surface area contributed by atoms with Crippen LogP contribution in [0.15, 0.2) is 0 Å². The Morgan fingerprint density at radius 3 is 1.33 bits per heavy atom. The summed E-state index contributed by atoms with van der Waals surface area (Å²) < 4.78 is 104. The van der Waals surface area contributed by atoms with Gasteiger partial charge in [-0.2, -0.15) is 16.8 Å². The molecule has 0 saturated carbocycles. The van der Waals surface area contributed by atoms with Crippen molar-refractivity contribution in [3.05, 3.63) is 0 Å². The highest BCUT2D eigenvalue weighted by Crippen LogP contribution is 2.59. The molecule has 0 N–H and O–H groups in total. The van der Waals surface area contributed by atoms with E-state index in [1.807, 2.05) is 0 Å². The van der Waals surface area contributed by atoms with Crippen molar-refractivity contribution in [1.82, 2.24) is 0 Å². The van der Waals surface area contributed by atoms with Crippen molar-refractivity contribution in [1.29, 1.82) is 0 Å². The van der Waals surface area contributed by atoms with Crippen LogP contribution in [0, 0.1) is 0 Å². The lowest BCUT2D eigenvalue weighted by atomic mass is 10.2. The molecule has 2 fully saturated rings. The third kappa shape index (κ3) is 7.33. The topological polar surface area (TPSA) is 158 Å². The van der Waals surface area contributed by atoms with E-state index >= 15 is 0 Å². The second kappa shape index (κ2) is 9.17. The zero-order chi connectivity index (χ0) is 22.9. The van der Waals surface area contributed by atoms with Gasteiger partial charge in [-0.3, -0.25) is 26.5 Å². The van der Waals surface area contributed by atoms with Gasteiger partial charge < -0.3 is 9.05 Å². The molecule has 4 unspecified atom stereocenters. The summed E-state index contributed by atoms with van der Waals surface area (Å²) in [5.41, 5.74) is -2.81. The average Bonchev–Trinajstić information content (AvgIpc) is 2.99. The molecule has 12 nitrogen and oxygen atoms in total. The van der Waals surface area contributed by atoms with E-state index in [1.54, 1.807) is 13.8 Å². The molecule has 0 spiro atoms. The van der Waals surface area contributed by atoms with Crippen LogP contribution in [0.25, 0.3) is 0 Å². The van der Waals surface area contributed by atoms with Crippen molar-refractivity contribution in [2.75, 3.05) is 50.3 Å². The van der Waals surface area contributed by atoms with Crippen LogP contribution in [-0.4, -0.2) is 78.3 Å². The maximum absolute atomic E-state index is 13.2. The lowest BCUT2D eigenvalue weighted by Gasteiger charge is -2.30. The fraction of sp³-hybridized carbons (Fsp3) is 1.00. The molecule has 0 aromatic heterocycles. The van der Waals surface area contributed by atoms with Crippen molar-refractivity contribution in [3.8, 4) is 0 Å². The smallest absolute Gasteiger partial charge is 0.309 e. The first-order valence-corrected chi connectivity index (χ1v) is 15.8. The molecule has 0 radical (unpaired) electrons. The van der Waals surface area contributed by atoms with Gasteiger partial charge in [-0.25, -0.2) is 0 Å². The zero-order valence-electron chi connectivity index (χ0n) is 17.3. The summed E-state index contributed by atoms with van der Waals surface area (Å²) in [5.74, 6) is -1.02. The van der Waals surface area contributed by atoms with Gasteiger partial charge in [0.25, 0.3) is 20.2 Å². The van der Waals surface area contributed by atoms with Crippen LogP contribution < -0.4 is 0 Å². The van der Waals surface area contributed by atoms with E-state index in [9.17, 15) is 26.0 Å². The summed E-state index contributed by atoms with van der Waals surface area (Å²) in [6.07, 6.45) is -0.811. The van der Waals surface area contributed by atoms with E-state index in [4.69, 9.17) is 18.1 Å². The predicted molar refractivity (Wildman–Crippen MR) is 107 cm³/mol. The fourth-order valence-electron chi connectivity index (χ4n) is 3.03. The van der Waals surface area contributed by atoms with E-state index in [0.717, 1.165) is 0 Å². The van der Waals surface area contributed by atoms with Crippen LogP contribution >= 0.6 is 15.2 Å². The minimum Gasteiger partial charge on any atom is -0.309 e. The highest BCUT2D eigenvalue weighted by atomic mass is 32.2. The number of hydrogen-bond acceptors (Lipinski definition) is 12. The highest BCUT2D eigenvalue weighted by Gasteiger charge is 2.49. The summed E-state index contributed by atoms with van der Waals surface area (Å²) >= 11 is 0. The molecular weight excluding hydrogens is 486 g/mol. The lowest BCUT2D eigenvalue weighted by Crippen LogP contribution is -2.34. The maximum Gasteiger partial charge on any atom is 0.331 e. The molecule has 2 aliphatic rings. The number of hydrogen-bond donors (Lipinski definition) is 0. The Balaban J connectivity index is 2.14. The Labute approximate surface area is 177 Å². The van der Waals surface area contributed by atoms with Crippen molar-refractivity contribution < 1.29 is 52.4 Å². The average molecular weight is 514 g/mol. The molecule has 30 heavy (non-hydrogen) atoms. The molecule has 2 rings (SSSR count). The number of rotatable bonds is 11. The molecule has 0 aromatic rings. The summed E-state index contributed by atoms with van der Waals surface area (Å²) in [6, 6.07) is 0. The second-order valence-corrected chi connectivity index (χ2v) is 15.0. The van der Waals surface area contributed by atoms with Crippen LogP contribution in [0.3, 0.4) is 0 Å². The summed E-state index contributed by atoms with van der Waals surface area (Å²) in [4.78, 5) is 0. The molecule has 4 atom stereocenters. The SMILES string of the molecule is CCOP(=O)(CCP(=O)(OCC)OC1(C)COS(=O)(=O)C1)OC1(C)COS(=O)(=O)C1. The molecule has 16 heteroatoms. The van der Waals surface area contributed by atoms with Gasteiger partial charge >= 0.3 is 15.2 Å². The highest BCUT2D eigenvalue weighted by molar-refractivity contribution is 7.87. The summed E-state index contributed by atoms with van der Waals surface area (Å²) in [5, 5.41) is 0. The Hall–Kier alpha value is 0.120. The monoisotopic (exact) mass is 514 g/mol. The fourth-order valence-corrected chi connectivity index (χ4v) is 10.9. The largest absolute Gasteiger partial charge is 0.331 e.